The second-order valence-electron chi connectivity index (χ2n) is 8.22. The van der Waals surface area contributed by atoms with Crippen LogP contribution in [0.4, 0.5) is 0 Å². The summed E-state index contributed by atoms with van der Waals surface area (Å²) in [5.41, 5.74) is 9.10. The van der Waals surface area contributed by atoms with E-state index in [1.165, 1.54) is 70.4 Å². The Labute approximate surface area is 245 Å². The molecule has 0 aliphatic heterocycles. The van der Waals surface area contributed by atoms with Crippen LogP contribution in [-0.2, 0) is 0 Å². The third kappa shape index (κ3) is 31.1. The van der Waals surface area contributed by atoms with Crippen LogP contribution in [0.3, 0.4) is 0 Å². The van der Waals surface area contributed by atoms with Crippen LogP contribution in [0.1, 0.15) is 122 Å². The predicted molar refractivity (Wildman–Crippen MR) is 186 cm³/mol. The van der Waals surface area contributed by atoms with Crippen molar-refractivity contribution in [1.82, 2.24) is 0 Å². The second-order valence-corrected chi connectivity index (χ2v) is 8.22. The fourth-order valence-electron chi connectivity index (χ4n) is 3.23. The van der Waals surface area contributed by atoms with E-state index in [2.05, 4.69) is 82.0 Å². The van der Waals surface area contributed by atoms with Crippen molar-refractivity contribution in [1.29, 1.82) is 0 Å². The van der Waals surface area contributed by atoms with E-state index in [-0.39, 0.29) is 0 Å². The topological polar surface area (TPSA) is 26.0 Å². The Morgan fingerprint density at radius 1 is 0.667 bits per heavy atom. The van der Waals surface area contributed by atoms with Gasteiger partial charge in [0.1, 0.15) is 0 Å². The van der Waals surface area contributed by atoms with E-state index in [1.807, 2.05) is 65.0 Å². The first-order valence-corrected chi connectivity index (χ1v) is 15.0. The van der Waals surface area contributed by atoms with Gasteiger partial charge in [0.2, 0.25) is 0 Å². The predicted octanol–water partition coefficient (Wildman–Crippen LogP) is 12.8. The smallest absolute Gasteiger partial charge is 0.0136 e. The maximum Gasteiger partial charge on any atom is -0.0136 e. The highest BCUT2D eigenvalue weighted by molar-refractivity contribution is 5.78. The molecule has 0 radical (unpaired) electrons. The molecule has 0 saturated heterocycles. The quantitative estimate of drug-likeness (QED) is 0.201. The molecular formula is C38H63N. The molecule has 0 aliphatic carbocycles. The summed E-state index contributed by atoms with van der Waals surface area (Å²) in [7, 11) is 0. The molecule has 39 heavy (non-hydrogen) atoms. The third-order valence-electron chi connectivity index (χ3n) is 5.13. The number of nitrogens with two attached hydrogens (primary N) is 1. The van der Waals surface area contributed by atoms with Crippen molar-refractivity contribution in [2.75, 3.05) is 0 Å². The Morgan fingerprint density at radius 2 is 1.05 bits per heavy atom. The molecule has 2 aromatic carbocycles. The lowest BCUT2D eigenvalue weighted by atomic mass is 9.99. The van der Waals surface area contributed by atoms with Crippen molar-refractivity contribution >= 4 is 11.6 Å². The summed E-state index contributed by atoms with van der Waals surface area (Å²) in [5.74, 6) is 0. The Balaban J connectivity index is -0.000000239. The molecule has 220 valence electrons. The third-order valence-corrected chi connectivity index (χ3v) is 5.13. The van der Waals surface area contributed by atoms with E-state index in [0.29, 0.717) is 0 Å². The number of hydrogen-bond donors (Lipinski definition) is 1. The highest BCUT2D eigenvalue weighted by atomic mass is 14.5. The summed E-state index contributed by atoms with van der Waals surface area (Å²) in [6.07, 6.45) is 20.8. The minimum Gasteiger partial charge on any atom is -0.405 e. The fourth-order valence-corrected chi connectivity index (χ4v) is 3.23. The highest BCUT2D eigenvalue weighted by Crippen LogP contribution is 2.21. The molecule has 0 saturated carbocycles. The zero-order valence-electron chi connectivity index (χ0n) is 26.7. The van der Waals surface area contributed by atoms with Gasteiger partial charge in [-0.05, 0) is 48.2 Å². The monoisotopic (exact) mass is 533 g/mol. The molecule has 0 spiro atoms. The zero-order valence-corrected chi connectivity index (χ0v) is 26.7. The molecule has 0 aromatic heterocycles. The van der Waals surface area contributed by atoms with Crippen LogP contribution in [0.25, 0.3) is 11.6 Å². The number of benzene rings is 2. The Hall–Kier alpha value is -3.06. The molecular weight excluding hydrogens is 470 g/mol. The minimum absolute atomic E-state index is 1.05. The van der Waals surface area contributed by atoms with Crippen molar-refractivity contribution in [3.05, 3.63) is 123 Å². The number of allylic oxidation sites excluding steroid dienone is 2. The number of unbranched alkanes of at least 4 members (excludes halogenated alkanes) is 9. The SMILES string of the molecule is C=CC.C=CCCCCCCCCCCC.C=CN.C=Cc1ccc(C(=C)c2ccccc2)cc1.CC.CC. The summed E-state index contributed by atoms with van der Waals surface area (Å²) < 4.78 is 0. The highest BCUT2D eigenvalue weighted by Gasteiger charge is 2.00. The average Bonchev–Trinajstić information content (AvgIpc) is 3.00. The Kier molecular flexibility index (Phi) is 43.5. The maximum absolute atomic E-state index is 4.61. The molecule has 0 bridgehead atoms. The van der Waals surface area contributed by atoms with Crippen molar-refractivity contribution in [2.45, 2.75) is 106 Å². The van der Waals surface area contributed by atoms with Crippen LogP contribution >= 0.6 is 0 Å². The van der Waals surface area contributed by atoms with Crippen LogP contribution in [0.2, 0.25) is 0 Å². The number of rotatable bonds is 13. The molecule has 1 nitrogen and oxygen atoms in total. The van der Waals surface area contributed by atoms with Gasteiger partial charge < -0.3 is 5.73 Å². The van der Waals surface area contributed by atoms with Crippen LogP contribution in [0.5, 0.6) is 0 Å². The first kappa shape index (κ1) is 43.0. The van der Waals surface area contributed by atoms with Crippen LogP contribution < -0.4 is 5.73 Å². The van der Waals surface area contributed by atoms with Gasteiger partial charge in [-0.25, -0.2) is 0 Å². The molecule has 1 heteroatoms. The van der Waals surface area contributed by atoms with Gasteiger partial charge in [-0.3, -0.25) is 0 Å². The summed E-state index contributed by atoms with van der Waals surface area (Å²) in [6.45, 7) is 30.3. The number of hydrogen-bond acceptors (Lipinski definition) is 1. The first-order chi connectivity index (χ1) is 19.1. The van der Waals surface area contributed by atoms with Crippen molar-refractivity contribution in [2.24, 2.45) is 5.73 Å². The van der Waals surface area contributed by atoms with Gasteiger partial charge in [-0.1, -0.05) is 179 Å². The largest absolute Gasteiger partial charge is 0.405 e. The van der Waals surface area contributed by atoms with Gasteiger partial charge in [-0.2, -0.15) is 0 Å². The van der Waals surface area contributed by atoms with Gasteiger partial charge in [0.05, 0.1) is 0 Å². The Bertz CT molecular complexity index is 762. The maximum atomic E-state index is 4.61. The van der Waals surface area contributed by atoms with Crippen LogP contribution in [-0.4, -0.2) is 0 Å². The molecule has 2 aromatic rings. The normalized spacial score (nSPS) is 8.36. The van der Waals surface area contributed by atoms with Crippen molar-refractivity contribution in [3.63, 3.8) is 0 Å². The molecule has 0 atom stereocenters. The van der Waals surface area contributed by atoms with E-state index in [9.17, 15) is 0 Å². The van der Waals surface area contributed by atoms with Gasteiger partial charge in [0.15, 0.2) is 0 Å². The fraction of sp³-hybridized carbons (Fsp3) is 0.421. The zero-order chi connectivity index (χ0) is 30.6. The summed E-state index contributed by atoms with van der Waals surface area (Å²) in [6, 6.07) is 18.5. The van der Waals surface area contributed by atoms with E-state index in [1.54, 1.807) is 6.08 Å². The standard InChI is InChI=1S/C16H14.C13H26.C3H6.C2H5N.2C2H6/c1-3-14-9-11-16(12-10-14)13(2)15-7-5-4-6-8-15;1-3-5-7-9-11-13-12-10-8-6-4-2;1-3-2;1-2-3;2*1-2/h3-12H,1-2H2;3H,1,4-13H2,2H3;3H,1H2,2H3;2H,1,3H2;2*1-2H3. The van der Waals surface area contributed by atoms with Gasteiger partial charge in [0.25, 0.3) is 0 Å². The van der Waals surface area contributed by atoms with Crippen molar-refractivity contribution in [3.8, 4) is 0 Å². The minimum atomic E-state index is 1.05. The van der Waals surface area contributed by atoms with Crippen molar-refractivity contribution < 1.29 is 0 Å². The molecule has 0 heterocycles. The van der Waals surface area contributed by atoms with Gasteiger partial charge >= 0.3 is 0 Å². The molecule has 2 rings (SSSR count). The van der Waals surface area contributed by atoms with E-state index in [4.69, 9.17) is 0 Å². The lowest BCUT2D eigenvalue weighted by Gasteiger charge is -2.06. The summed E-state index contributed by atoms with van der Waals surface area (Å²) in [4.78, 5) is 0. The first-order valence-electron chi connectivity index (χ1n) is 15.0. The lowest BCUT2D eigenvalue weighted by molar-refractivity contribution is 0.566. The summed E-state index contributed by atoms with van der Waals surface area (Å²) >= 11 is 0. The van der Waals surface area contributed by atoms with Gasteiger partial charge in [-0.15, -0.1) is 13.2 Å². The molecule has 0 fully saturated rings. The van der Waals surface area contributed by atoms with E-state index < -0.39 is 0 Å². The van der Waals surface area contributed by atoms with E-state index >= 15 is 0 Å². The lowest BCUT2D eigenvalue weighted by Crippen LogP contribution is -1.85. The van der Waals surface area contributed by atoms with Crippen LogP contribution in [0, 0.1) is 0 Å². The molecule has 0 unspecified atom stereocenters. The molecule has 2 N–H and O–H groups in total. The van der Waals surface area contributed by atoms with E-state index in [0.717, 1.165) is 22.3 Å². The second kappa shape index (κ2) is 39.5. The molecule has 0 amide bonds. The van der Waals surface area contributed by atoms with Crippen LogP contribution in [0.15, 0.2) is 106 Å². The Morgan fingerprint density at radius 3 is 1.44 bits per heavy atom. The average molecular weight is 534 g/mol. The van der Waals surface area contributed by atoms with Gasteiger partial charge in [0, 0.05) is 0 Å². The summed E-state index contributed by atoms with van der Waals surface area (Å²) in [5, 5.41) is 0. The molecule has 0 aliphatic rings.